The van der Waals surface area contributed by atoms with Crippen LogP contribution >= 0.6 is 11.6 Å². The van der Waals surface area contributed by atoms with Crippen LogP contribution in [0.15, 0.2) is 42.7 Å². The minimum absolute atomic E-state index is 0.140. The molecule has 4 heteroatoms. The predicted molar refractivity (Wildman–Crippen MR) is 77.4 cm³/mol. The number of aryl methyl sites for hydroxylation is 1. The molecule has 0 saturated carbocycles. The van der Waals surface area contributed by atoms with E-state index in [1.807, 2.05) is 44.2 Å². The fraction of sp³-hybridized carbons (Fsp3) is 0.267. The normalized spacial score (nSPS) is 13.9. The number of aromatic nitrogens is 1. The van der Waals surface area contributed by atoms with Crippen molar-refractivity contribution in [3.63, 3.8) is 0 Å². The van der Waals surface area contributed by atoms with Gasteiger partial charge in [0.15, 0.2) is 0 Å². The average molecular weight is 277 g/mol. The second kappa shape index (κ2) is 6.04. The van der Waals surface area contributed by atoms with E-state index in [0.717, 1.165) is 16.9 Å². The SMILES string of the molecule is Cc1cc(Cl)ccc1OC(c1cccnc1)C(C)N. The van der Waals surface area contributed by atoms with Gasteiger partial charge in [0.05, 0.1) is 0 Å². The molecule has 0 aliphatic heterocycles. The van der Waals surface area contributed by atoms with Crippen molar-refractivity contribution in [2.45, 2.75) is 26.0 Å². The number of hydrogen-bond acceptors (Lipinski definition) is 3. The molecule has 2 N–H and O–H groups in total. The molecule has 0 saturated heterocycles. The van der Waals surface area contributed by atoms with Crippen molar-refractivity contribution in [3.05, 3.63) is 58.9 Å². The summed E-state index contributed by atoms with van der Waals surface area (Å²) in [6.45, 7) is 3.88. The van der Waals surface area contributed by atoms with Gasteiger partial charge in [-0.2, -0.15) is 0 Å². The van der Waals surface area contributed by atoms with E-state index in [2.05, 4.69) is 4.98 Å². The number of benzene rings is 1. The molecular weight excluding hydrogens is 260 g/mol. The number of pyridine rings is 1. The Hall–Kier alpha value is -1.58. The summed E-state index contributed by atoms with van der Waals surface area (Å²) in [4.78, 5) is 4.11. The maximum atomic E-state index is 6.02. The Kier molecular flexibility index (Phi) is 4.40. The topological polar surface area (TPSA) is 48.1 Å². The Morgan fingerprint density at radius 3 is 2.68 bits per heavy atom. The Bertz CT molecular complexity index is 543. The highest BCUT2D eigenvalue weighted by atomic mass is 35.5. The van der Waals surface area contributed by atoms with Crippen LogP contribution in [0.25, 0.3) is 0 Å². The van der Waals surface area contributed by atoms with Gasteiger partial charge in [0.1, 0.15) is 11.9 Å². The molecule has 1 heterocycles. The van der Waals surface area contributed by atoms with Crippen LogP contribution < -0.4 is 10.5 Å². The van der Waals surface area contributed by atoms with Gasteiger partial charge >= 0.3 is 0 Å². The Morgan fingerprint density at radius 2 is 2.11 bits per heavy atom. The maximum absolute atomic E-state index is 6.02. The predicted octanol–water partition coefficient (Wildman–Crippen LogP) is 3.51. The summed E-state index contributed by atoms with van der Waals surface area (Å²) < 4.78 is 6.02. The third-order valence-electron chi connectivity index (χ3n) is 2.88. The van der Waals surface area contributed by atoms with Crippen molar-refractivity contribution >= 4 is 11.6 Å². The molecule has 2 unspecified atom stereocenters. The van der Waals surface area contributed by atoms with Gasteiger partial charge in [0.25, 0.3) is 0 Å². The molecule has 0 fully saturated rings. The molecular formula is C15H17ClN2O. The summed E-state index contributed by atoms with van der Waals surface area (Å²) in [6, 6.07) is 9.25. The van der Waals surface area contributed by atoms with Gasteiger partial charge in [-0.1, -0.05) is 17.7 Å². The molecule has 100 valence electrons. The average Bonchev–Trinajstić information content (AvgIpc) is 2.38. The highest BCUT2D eigenvalue weighted by Gasteiger charge is 2.19. The highest BCUT2D eigenvalue weighted by molar-refractivity contribution is 6.30. The molecule has 19 heavy (non-hydrogen) atoms. The Balaban J connectivity index is 2.27. The summed E-state index contributed by atoms with van der Waals surface area (Å²) in [5.74, 6) is 0.788. The largest absolute Gasteiger partial charge is 0.484 e. The van der Waals surface area contributed by atoms with E-state index in [-0.39, 0.29) is 12.1 Å². The fourth-order valence-corrected chi connectivity index (χ4v) is 2.13. The van der Waals surface area contributed by atoms with Gasteiger partial charge in [-0.15, -0.1) is 0 Å². The molecule has 1 aromatic heterocycles. The van der Waals surface area contributed by atoms with Gasteiger partial charge in [0.2, 0.25) is 0 Å². The Morgan fingerprint density at radius 1 is 1.32 bits per heavy atom. The van der Waals surface area contributed by atoms with Crippen molar-refractivity contribution in [1.82, 2.24) is 4.98 Å². The van der Waals surface area contributed by atoms with Gasteiger partial charge in [-0.3, -0.25) is 4.98 Å². The number of nitrogens with two attached hydrogens (primary N) is 1. The lowest BCUT2D eigenvalue weighted by Gasteiger charge is -2.23. The monoisotopic (exact) mass is 276 g/mol. The summed E-state index contributed by atoms with van der Waals surface area (Å²) in [6.07, 6.45) is 3.28. The molecule has 2 aromatic rings. The van der Waals surface area contributed by atoms with Crippen LogP contribution in [0.1, 0.15) is 24.2 Å². The molecule has 0 aliphatic rings. The van der Waals surface area contributed by atoms with Gasteiger partial charge < -0.3 is 10.5 Å². The number of rotatable bonds is 4. The van der Waals surface area contributed by atoms with E-state index in [1.165, 1.54) is 0 Å². The van der Waals surface area contributed by atoms with Crippen LogP contribution in [0, 0.1) is 6.92 Å². The smallest absolute Gasteiger partial charge is 0.140 e. The van der Waals surface area contributed by atoms with Gasteiger partial charge in [-0.05, 0) is 43.7 Å². The van der Waals surface area contributed by atoms with Crippen molar-refractivity contribution < 1.29 is 4.74 Å². The zero-order chi connectivity index (χ0) is 13.8. The molecule has 1 aromatic carbocycles. The molecule has 0 amide bonds. The quantitative estimate of drug-likeness (QED) is 0.930. The summed E-state index contributed by atoms with van der Waals surface area (Å²) in [5.41, 5.74) is 7.97. The molecule has 0 aliphatic carbocycles. The molecule has 0 spiro atoms. The first-order chi connectivity index (χ1) is 9.08. The maximum Gasteiger partial charge on any atom is 0.140 e. The first-order valence-electron chi connectivity index (χ1n) is 6.16. The zero-order valence-electron chi connectivity index (χ0n) is 11.0. The second-order valence-corrected chi connectivity index (χ2v) is 5.03. The second-order valence-electron chi connectivity index (χ2n) is 4.59. The van der Waals surface area contributed by atoms with Crippen molar-refractivity contribution in [3.8, 4) is 5.75 Å². The van der Waals surface area contributed by atoms with Crippen LogP contribution in [0.2, 0.25) is 5.02 Å². The lowest BCUT2D eigenvalue weighted by atomic mass is 10.1. The first-order valence-corrected chi connectivity index (χ1v) is 6.54. The zero-order valence-corrected chi connectivity index (χ0v) is 11.8. The van der Waals surface area contributed by atoms with Crippen LogP contribution in [-0.2, 0) is 0 Å². The highest BCUT2D eigenvalue weighted by Crippen LogP contribution is 2.28. The molecule has 0 bridgehead atoms. The minimum atomic E-state index is -0.228. The van der Waals surface area contributed by atoms with Crippen LogP contribution in [0.5, 0.6) is 5.75 Å². The number of ether oxygens (including phenoxy) is 1. The molecule has 3 nitrogen and oxygen atoms in total. The lowest BCUT2D eigenvalue weighted by Crippen LogP contribution is -2.29. The summed E-state index contributed by atoms with van der Waals surface area (Å²) in [7, 11) is 0. The Labute approximate surface area is 118 Å². The van der Waals surface area contributed by atoms with Crippen LogP contribution in [0.3, 0.4) is 0 Å². The van der Waals surface area contributed by atoms with Crippen LogP contribution in [-0.4, -0.2) is 11.0 Å². The van der Waals surface area contributed by atoms with Crippen molar-refractivity contribution in [1.29, 1.82) is 0 Å². The fourth-order valence-electron chi connectivity index (χ4n) is 1.91. The van der Waals surface area contributed by atoms with E-state index in [4.69, 9.17) is 22.1 Å². The molecule has 2 rings (SSSR count). The lowest BCUT2D eigenvalue weighted by molar-refractivity contribution is 0.179. The number of nitrogens with zero attached hydrogens (tertiary/aromatic N) is 1. The van der Waals surface area contributed by atoms with E-state index in [0.29, 0.717) is 5.02 Å². The van der Waals surface area contributed by atoms with Crippen LogP contribution in [0.4, 0.5) is 0 Å². The number of halogens is 1. The summed E-state index contributed by atoms with van der Waals surface area (Å²) in [5, 5.41) is 0.698. The van der Waals surface area contributed by atoms with E-state index in [9.17, 15) is 0 Å². The van der Waals surface area contributed by atoms with E-state index in [1.54, 1.807) is 12.4 Å². The third-order valence-corrected chi connectivity index (χ3v) is 3.12. The van der Waals surface area contributed by atoms with Crippen molar-refractivity contribution in [2.75, 3.05) is 0 Å². The minimum Gasteiger partial charge on any atom is -0.484 e. The molecule has 2 atom stereocenters. The van der Waals surface area contributed by atoms with E-state index < -0.39 is 0 Å². The van der Waals surface area contributed by atoms with E-state index >= 15 is 0 Å². The summed E-state index contributed by atoms with van der Waals surface area (Å²) >= 11 is 5.94. The first kappa shape index (κ1) is 13.8. The van der Waals surface area contributed by atoms with Gasteiger partial charge in [0, 0.05) is 29.0 Å². The standard InChI is InChI=1S/C15H17ClN2O/c1-10-8-13(16)5-6-14(10)19-15(11(2)17)12-4-3-7-18-9-12/h3-9,11,15H,17H2,1-2H3. The van der Waals surface area contributed by atoms with Crippen molar-refractivity contribution in [2.24, 2.45) is 5.73 Å². The number of hydrogen-bond donors (Lipinski definition) is 1. The van der Waals surface area contributed by atoms with Gasteiger partial charge in [-0.25, -0.2) is 0 Å². The molecule has 0 radical (unpaired) electrons. The third kappa shape index (κ3) is 3.46.